The van der Waals surface area contributed by atoms with Crippen molar-refractivity contribution in [2.45, 2.75) is 18.4 Å². The number of halogens is 1. The third-order valence-corrected chi connectivity index (χ3v) is 4.90. The molecule has 0 aliphatic rings. The van der Waals surface area contributed by atoms with Gasteiger partial charge in [-0.3, -0.25) is 0 Å². The van der Waals surface area contributed by atoms with E-state index in [1.807, 2.05) is 30.3 Å². The van der Waals surface area contributed by atoms with Crippen LogP contribution in [0.4, 0.5) is 0 Å². The summed E-state index contributed by atoms with van der Waals surface area (Å²) in [6, 6.07) is 12.2. The van der Waals surface area contributed by atoms with Gasteiger partial charge in [-0.2, -0.15) is 4.98 Å². The average Bonchev–Trinajstić information content (AvgIpc) is 3.05. The molecule has 7 nitrogen and oxygen atoms in total. The van der Waals surface area contributed by atoms with Gasteiger partial charge in [0.15, 0.2) is 11.5 Å². The molecule has 136 valence electrons. The quantitative estimate of drug-likeness (QED) is 0.590. The lowest BCUT2D eigenvalue weighted by atomic mass is 10.2. The molecular weight excluding hydrogens is 380 g/mol. The molecular formula is C17H15ClN2O5S. The minimum absolute atomic E-state index is 0.0923. The lowest BCUT2D eigenvalue weighted by Crippen LogP contribution is -2.02. The third kappa shape index (κ3) is 3.97. The smallest absolute Gasteiger partial charge is 0.262 e. The lowest BCUT2D eigenvalue weighted by molar-refractivity contribution is 0.283. The molecule has 9 heteroatoms. The van der Waals surface area contributed by atoms with Crippen molar-refractivity contribution < 1.29 is 22.4 Å². The Morgan fingerprint density at radius 2 is 1.88 bits per heavy atom. The van der Waals surface area contributed by atoms with Crippen molar-refractivity contribution in [3.05, 3.63) is 53.9 Å². The number of hydrogen-bond acceptors (Lipinski definition) is 7. The Hall–Kier alpha value is -2.58. The van der Waals surface area contributed by atoms with Crippen molar-refractivity contribution in [2.75, 3.05) is 7.11 Å². The molecule has 0 amide bonds. The largest absolute Gasteiger partial charge is 0.493 e. The topological polar surface area (TPSA) is 91.5 Å². The summed E-state index contributed by atoms with van der Waals surface area (Å²) in [6.07, 6.45) is 0. The first-order valence-corrected chi connectivity index (χ1v) is 9.83. The van der Waals surface area contributed by atoms with Crippen LogP contribution in [0.5, 0.6) is 11.5 Å². The van der Waals surface area contributed by atoms with Gasteiger partial charge in [-0.05, 0) is 11.6 Å². The molecule has 0 saturated heterocycles. The van der Waals surface area contributed by atoms with E-state index in [0.29, 0.717) is 11.6 Å². The summed E-state index contributed by atoms with van der Waals surface area (Å²) in [5.74, 6) is 0.943. The third-order valence-electron chi connectivity index (χ3n) is 3.53. The van der Waals surface area contributed by atoms with Crippen LogP contribution in [-0.2, 0) is 15.7 Å². The summed E-state index contributed by atoms with van der Waals surface area (Å²) in [6.45, 7) is 1.83. The molecule has 26 heavy (non-hydrogen) atoms. The molecule has 0 fully saturated rings. The first kappa shape index (κ1) is 18.2. The Kier molecular flexibility index (Phi) is 5.15. The normalized spacial score (nSPS) is 11.3. The molecule has 0 aliphatic carbocycles. The number of benzene rings is 2. The zero-order valence-corrected chi connectivity index (χ0v) is 15.5. The number of methoxy groups -OCH3 is 1. The Bertz CT molecular complexity index is 1020. The van der Waals surface area contributed by atoms with E-state index in [1.165, 1.54) is 19.2 Å². The Morgan fingerprint density at radius 3 is 2.46 bits per heavy atom. The summed E-state index contributed by atoms with van der Waals surface area (Å²) in [5, 5.41) is 3.75. The van der Waals surface area contributed by atoms with Gasteiger partial charge in [0.05, 0.1) is 12.0 Å². The molecule has 0 aliphatic heterocycles. The van der Waals surface area contributed by atoms with Crippen LogP contribution in [0.3, 0.4) is 0 Å². The molecule has 0 N–H and O–H groups in total. The Balaban J connectivity index is 2.05. The van der Waals surface area contributed by atoms with Crippen LogP contribution in [0.25, 0.3) is 11.4 Å². The van der Waals surface area contributed by atoms with Crippen LogP contribution < -0.4 is 9.47 Å². The minimum Gasteiger partial charge on any atom is -0.493 e. The fourth-order valence-electron chi connectivity index (χ4n) is 2.33. The summed E-state index contributed by atoms with van der Waals surface area (Å²) in [5.41, 5.74) is 1.09. The van der Waals surface area contributed by atoms with Gasteiger partial charge in [-0.1, -0.05) is 35.5 Å². The Labute approximate surface area is 154 Å². The molecule has 3 aromatic rings. The van der Waals surface area contributed by atoms with E-state index in [0.717, 1.165) is 5.56 Å². The number of aryl methyl sites for hydroxylation is 1. The lowest BCUT2D eigenvalue weighted by Gasteiger charge is -2.14. The van der Waals surface area contributed by atoms with E-state index in [9.17, 15) is 8.42 Å². The van der Waals surface area contributed by atoms with Gasteiger partial charge in [0.2, 0.25) is 11.7 Å². The van der Waals surface area contributed by atoms with Gasteiger partial charge in [0.25, 0.3) is 9.05 Å². The zero-order valence-electron chi connectivity index (χ0n) is 14.0. The molecule has 2 aromatic carbocycles. The number of rotatable bonds is 6. The van der Waals surface area contributed by atoms with E-state index in [2.05, 4.69) is 10.1 Å². The molecule has 0 radical (unpaired) electrons. The van der Waals surface area contributed by atoms with E-state index in [1.54, 1.807) is 6.92 Å². The highest BCUT2D eigenvalue weighted by atomic mass is 35.7. The van der Waals surface area contributed by atoms with Crippen LogP contribution in [0.2, 0.25) is 0 Å². The predicted molar refractivity (Wildman–Crippen MR) is 94.8 cm³/mol. The van der Waals surface area contributed by atoms with Crippen molar-refractivity contribution in [1.82, 2.24) is 10.1 Å². The van der Waals surface area contributed by atoms with Gasteiger partial charge in [-0.15, -0.1) is 0 Å². The van der Waals surface area contributed by atoms with Crippen molar-refractivity contribution in [2.24, 2.45) is 0 Å². The van der Waals surface area contributed by atoms with Crippen molar-refractivity contribution in [3.63, 3.8) is 0 Å². The van der Waals surface area contributed by atoms with Crippen LogP contribution >= 0.6 is 10.7 Å². The highest BCUT2D eigenvalue weighted by Crippen LogP contribution is 2.38. The monoisotopic (exact) mass is 394 g/mol. The maximum Gasteiger partial charge on any atom is 0.262 e. The van der Waals surface area contributed by atoms with E-state index in [4.69, 9.17) is 24.7 Å². The van der Waals surface area contributed by atoms with E-state index < -0.39 is 9.05 Å². The highest BCUT2D eigenvalue weighted by molar-refractivity contribution is 8.13. The molecule has 1 aromatic heterocycles. The summed E-state index contributed by atoms with van der Waals surface area (Å²) < 4.78 is 40.1. The fourth-order valence-corrected chi connectivity index (χ4v) is 3.38. The van der Waals surface area contributed by atoms with Gasteiger partial charge >= 0.3 is 0 Å². The first-order valence-electron chi connectivity index (χ1n) is 7.52. The van der Waals surface area contributed by atoms with Gasteiger partial charge in [0.1, 0.15) is 6.61 Å². The molecule has 0 saturated carbocycles. The molecule has 0 spiro atoms. The maximum absolute atomic E-state index is 12.0. The van der Waals surface area contributed by atoms with Crippen LogP contribution in [-0.4, -0.2) is 25.7 Å². The van der Waals surface area contributed by atoms with E-state index in [-0.39, 0.29) is 28.6 Å². The number of ether oxygens (including phenoxy) is 2. The maximum atomic E-state index is 12.0. The molecule has 3 rings (SSSR count). The number of hydrogen-bond donors (Lipinski definition) is 0. The summed E-state index contributed by atoms with van der Waals surface area (Å²) >= 11 is 0. The minimum atomic E-state index is -4.09. The van der Waals surface area contributed by atoms with Crippen LogP contribution in [0, 0.1) is 6.92 Å². The van der Waals surface area contributed by atoms with Gasteiger partial charge in [0, 0.05) is 29.2 Å². The predicted octanol–water partition coefficient (Wildman–Crippen LogP) is 3.56. The second-order valence-corrected chi connectivity index (χ2v) is 7.88. The standard InChI is InChI=1S/C17H15ClN2O5S/c1-11-19-17(20-25-11)13-8-14(23-2)15(9-16(13)26(18,21)22)24-10-12-6-4-3-5-7-12/h3-9H,10H2,1-2H3. The van der Waals surface area contributed by atoms with E-state index >= 15 is 0 Å². The first-order chi connectivity index (χ1) is 12.4. The summed E-state index contributed by atoms with van der Waals surface area (Å²) in [7, 11) is 2.96. The Morgan fingerprint density at radius 1 is 1.15 bits per heavy atom. The van der Waals surface area contributed by atoms with Crippen molar-refractivity contribution >= 4 is 19.7 Å². The van der Waals surface area contributed by atoms with Crippen LogP contribution in [0.15, 0.2) is 51.9 Å². The highest BCUT2D eigenvalue weighted by Gasteiger charge is 2.24. The van der Waals surface area contributed by atoms with Gasteiger partial charge < -0.3 is 14.0 Å². The van der Waals surface area contributed by atoms with Crippen molar-refractivity contribution in [1.29, 1.82) is 0 Å². The summed E-state index contributed by atoms with van der Waals surface area (Å²) in [4.78, 5) is 3.87. The van der Waals surface area contributed by atoms with Crippen molar-refractivity contribution in [3.8, 4) is 22.9 Å². The fraction of sp³-hybridized carbons (Fsp3) is 0.176. The second kappa shape index (κ2) is 7.35. The number of nitrogens with zero attached hydrogens (tertiary/aromatic N) is 2. The number of aromatic nitrogens is 2. The molecule has 0 unspecified atom stereocenters. The SMILES string of the molecule is COc1cc(-c2noc(C)n2)c(S(=O)(=O)Cl)cc1OCc1ccccc1. The molecule has 1 heterocycles. The average molecular weight is 395 g/mol. The van der Waals surface area contributed by atoms with Crippen LogP contribution in [0.1, 0.15) is 11.5 Å². The second-order valence-electron chi connectivity index (χ2n) is 5.35. The zero-order chi connectivity index (χ0) is 18.7. The molecule has 0 bridgehead atoms. The van der Waals surface area contributed by atoms with Gasteiger partial charge in [-0.25, -0.2) is 8.42 Å². The molecule has 0 atom stereocenters.